The van der Waals surface area contributed by atoms with Crippen LogP contribution in [0.3, 0.4) is 0 Å². The fraction of sp³-hybridized carbons (Fsp3) is 0.214. The van der Waals surface area contributed by atoms with E-state index < -0.39 is 0 Å². The highest BCUT2D eigenvalue weighted by Crippen LogP contribution is 2.29. The summed E-state index contributed by atoms with van der Waals surface area (Å²) in [5, 5.41) is 0. The van der Waals surface area contributed by atoms with E-state index in [4.69, 9.17) is 5.73 Å². The molecule has 0 saturated carbocycles. The minimum absolute atomic E-state index is 0.0277. The summed E-state index contributed by atoms with van der Waals surface area (Å²) in [7, 11) is 0. The lowest BCUT2D eigenvalue weighted by molar-refractivity contribution is 0.571. The molecule has 0 saturated heterocycles. The highest BCUT2D eigenvalue weighted by atomic mass is 79.9. The third kappa shape index (κ3) is 2.94. The van der Waals surface area contributed by atoms with Crippen molar-refractivity contribution < 1.29 is 4.39 Å². The van der Waals surface area contributed by atoms with Gasteiger partial charge in [0, 0.05) is 28.3 Å². The van der Waals surface area contributed by atoms with Crippen LogP contribution in [0.4, 0.5) is 4.39 Å². The topological polar surface area (TPSA) is 38.9 Å². The van der Waals surface area contributed by atoms with Crippen molar-refractivity contribution in [2.45, 2.75) is 18.9 Å². The lowest BCUT2D eigenvalue weighted by atomic mass is 9.92. The number of aromatic nitrogens is 1. The second-order valence-corrected chi connectivity index (χ2v) is 5.19. The normalized spacial score (nSPS) is 14.2. The Morgan fingerprint density at radius 2 is 2.06 bits per heavy atom. The number of benzene rings is 1. The van der Waals surface area contributed by atoms with Crippen LogP contribution in [-0.2, 0) is 0 Å². The molecule has 2 unspecified atom stereocenters. The van der Waals surface area contributed by atoms with Gasteiger partial charge in [0.05, 0.1) is 0 Å². The van der Waals surface area contributed by atoms with Gasteiger partial charge in [-0.3, -0.25) is 4.98 Å². The molecule has 0 aliphatic heterocycles. The largest absolute Gasteiger partial charge is 0.323 e. The van der Waals surface area contributed by atoms with E-state index in [0.717, 1.165) is 11.3 Å². The standard InChI is InChI=1S/C14H14BrFN2/c1-9(13-4-2-3-5-18-13)14(17)10-6-11(15)8-12(16)7-10/h2-9,14H,17H2,1H3. The maximum Gasteiger partial charge on any atom is 0.124 e. The van der Waals surface area contributed by atoms with Crippen molar-refractivity contribution >= 4 is 15.9 Å². The van der Waals surface area contributed by atoms with E-state index in [2.05, 4.69) is 20.9 Å². The molecule has 94 valence electrons. The van der Waals surface area contributed by atoms with Gasteiger partial charge in [-0.05, 0) is 35.9 Å². The molecule has 2 nitrogen and oxygen atoms in total. The van der Waals surface area contributed by atoms with E-state index >= 15 is 0 Å². The SMILES string of the molecule is CC(c1ccccn1)C(N)c1cc(F)cc(Br)c1. The lowest BCUT2D eigenvalue weighted by Gasteiger charge is -2.20. The predicted molar refractivity (Wildman–Crippen MR) is 73.7 cm³/mol. The fourth-order valence-electron chi connectivity index (χ4n) is 1.89. The lowest BCUT2D eigenvalue weighted by Crippen LogP contribution is -2.18. The van der Waals surface area contributed by atoms with Crippen molar-refractivity contribution in [2.75, 3.05) is 0 Å². The highest BCUT2D eigenvalue weighted by molar-refractivity contribution is 9.10. The molecule has 4 heteroatoms. The van der Waals surface area contributed by atoms with Crippen molar-refractivity contribution in [1.82, 2.24) is 4.98 Å². The molecule has 0 bridgehead atoms. The van der Waals surface area contributed by atoms with Gasteiger partial charge in [-0.15, -0.1) is 0 Å². The Bertz CT molecular complexity index is 510. The molecule has 1 heterocycles. The molecule has 1 aromatic carbocycles. The van der Waals surface area contributed by atoms with E-state index in [1.54, 1.807) is 6.20 Å². The smallest absolute Gasteiger partial charge is 0.124 e. The molecule has 1 aromatic heterocycles. The van der Waals surface area contributed by atoms with Crippen LogP contribution in [0.5, 0.6) is 0 Å². The minimum Gasteiger partial charge on any atom is -0.323 e. The average molecular weight is 309 g/mol. The first-order valence-corrected chi connectivity index (χ1v) is 6.49. The van der Waals surface area contributed by atoms with Crippen molar-refractivity contribution in [3.63, 3.8) is 0 Å². The second-order valence-electron chi connectivity index (χ2n) is 4.27. The van der Waals surface area contributed by atoms with Crippen molar-refractivity contribution in [3.05, 3.63) is 64.1 Å². The van der Waals surface area contributed by atoms with Gasteiger partial charge in [-0.1, -0.05) is 28.9 Å². The molecular formula is C14H14BrFN2. The first-order valence-electron chi connectivity index (χ1n) is 5.70. The number of hydrogen-bond acceptors (Lipinski definition) is 2. The molecule has 0 aliphatic carbocycles. The van der Waals surface area contributed by atoms with Gasteiger partial charge in [-0.25, -0.2) is 4.39 Å². The van der Waals surface area contributed by atoms with Crippen LogP contribution >= 0.6 is 15.9 Å². The average Bonchev–Trinajstić information content (AvgIpc) is 2.37. The summed E-state index contributed by atoms with van der Waals surface area (Å²) < 4.78 is 14.0. The van der Waals surface area contributed by atoms with Gasteiger partial charge in [0.15, 0.2) is 0 Å². The quantitative estimate of drug-likeness (QED) is 0.937. The zero-order valence-electron chi connectivity index (χ0n) is 9.98. The number of pyridine rings is 1. The summed E-state index contributed by atoms with van der Waals surface area (Å²) in [6, 6.07) is 10.2. The summed E-state index contributed by atoms with van der Waals surface area (Å²) in [6.07, 6.45) is 1.74. The summed E-state index contributed by atoms with van der Waals surface area (Å²) in [4.78, 5) is 4.28. The fourth-order valence-corrected chi connectivity index (χ4v) is 2.37. The Labute approximate surface area is 114 Å². The Kier molecular flexibility index (Phi) is 4.09. The van der Waals surface area contributed by atoms with Gasteiger partial charge in [0.2, 0.25) is 0 Å². The van der Waals surface area contributed by atoms with Crippen LogP contribution < -0.4 is 5.73 Å². The molecule has 18 heavy (non-hydrogen) atoms. The first kappa shape index (κ1) is 13.2. The van der Waals surface area contributed by atoms with Crippen LogP contribution in [0.15, 0.2) is 47.1 Å². The Balaban J connectivity index is 2.28. The summed E-state index contributed by atoms with van der Waals surface area (Å²) in [6.45, 7) is 1.99. The van der Waals surface area contributed by atoms with Crippen LogP contribution in [0, 0.1) is 5.82 Å². The molecule has 0 fully saturated rings. The number of halogens is 2. The Morgan fingerprint density at radius 3 is 2.67 bits per heavy atom. The monoisotopic (exact) mass is 308 g/mol. The van der Waals surface area contributed by atoms with Gasteiger partial charge in [0.1, 0.15) is 5.82 Å². The van der Waals surface area contributed by atoms with E-state index in [1.165, 1.54) is 12.1 Å². The highest BCUT2D eigenvalue weighted by Gasteiger charge is 2.18. The zero-order valence-corrected chi connectivity index (χ0v) is 11.6. The second kappa shape index (κ2) is 5.59. The third-order valence-corrected chi connectivity index (χ3v) is 3.42. The number of nitrogens with two attached hydrogens (primary N) is 1. The number of hydrogen-bond donors (Lipinski definition) is 1. The molecule has 2 aromatic rings. The van der Waals surface area contributed by atoms with Gasteiger partial charge < -0.3 is 5.73 Å². The van der Waals surface area contributed by atoms with E-state index in [9.17, 15) is 4.39 Å². The van der Waals surface area contributed by atoms with E-state index in [0.29, 0.717) is 4.47 Å². The molecule has 0 spiro atoms. The number of rotatable bonds is 3. The summed E-state index contributed by atoms with van der Waals surface area (Å²) in [5.41, 5.74) is 7.85. The van der Waals surface area contributed by atoms with Crippen LogP contribution in [0.25, 0.3) is 0 Å². The zero-order chi connectivity index (χ0) is 13.1. The van der Waals surface area contributed by atoms with Crippen molar-refractivity contribution in [3.8, 4) is 0 Å². The van der Waals surface area contributed by atoms with Crippen LogP contribution in [0.1, 0.15) is 30.1 Å². The first-order chi connectivity index (χ1) is 8.58. The maximum atomic E-state index is 13.4. The third-order valence-electron chi connectivity index (χ3n) is 2.96. The van der Waals surface area contributed by atoms with Crippen LogP contribution in [-0.4, -0.2) is 4.98 Å². The molecule has 2 rings (SSSR count). The Morgan fingerprint density at radius 1 is 1.28 bits per heavy atom. The van der Waals surface area contributed by atoms with Crippen LogP contribution in [0.2, 0.25) is 0 Å². The van der Waals surface area contributed by atoms with E-state index in [1.807, 2.05) is 31.2 Å². The van der Waals surface area contributed by atoms with Gasteiger partial charge in [-0.2, -0.15) is 0 Å². The van der Waals surface area contributed by atoms with Gasteiger partial charge >= 0.3 is 0 Å². The maximum absolute atomic E-state index is 13.4. The molecule has 0 radical (unpaired) electrons. The summed E-state index contributed by atoms with van der Waals surface area (Å²) >= 11 is 3.28. The molecule has 0 amide bonds. The molecule has 0 aliphatic rings. The minimum atomic E-state index is -0.289. The number of nitrogens with zero attached hydrogens (tertiary/aromatic N) is 1. The van der Waals surface area contributed by atoms with Crippen molar-refractivity contribution in [2.24, 2.45) is 5.73 Å². The van der Waals surface area contributed by atoms with E-state index in [-0.39, 0.29) is 17.8 Å². The molecular weight excluding hydrogens is 295 g/mol. The van der Waals surface area contributed by atoms with Crippen molar-refractivity contribution in [1.29, 1.82) is 0 Å². The molecule has 2 atom stereocenters. The predicted octanol–water partition coefficient (Wildman–Crippen LogP) is 3.79. The molecule has 2 N–H and O–H groups in total. The summed E-state index contributed by atoms with van der Waals surface area (Å²) in [5.74, 6) is -0.261. The van der Waals surface area contributed by atoms with Gasteiger partial charge in [0.25, 0.3) is 0 Å². The Hall–Kier alpha value is -1.26.